The van der Waals surface area contributed by atoms with Gasteiger partial charge in [-0.15, -0.1) is 11.3 Å². The van der Waals surface area contributed by atoms with E-state index in [1.165, 1.54) is 4.88 Å². The van der Waals surface area contributed by atoms with Crippen molar-refractivity contribution in [2.45, 2.75) is 26.3 Å². The van der Waals surface area contributed by atoms with Crippen LogP contribution < -0.4 is 5.32 Å². The molecule has 0 amide bonds. The van der Waals surface area contributed by atoms with Gasteiger partial charge in [-0.05, 0) is 37.4 Å². The van der Waals surface area contributed by atoms with Crippen LogP contribution in [-0.4, -0.2) is 23.6 Å². The summed E-state index contributed by atoms with van der Waals surface area (Å²) < 4.78 is 5.24. The first-order chi connectivity index (χ1) is 9.65. The molecule has 0 saturated heterocycles. The maximum atomic E-state index is 11.9. The molecule has 1 N–H and O–H groups in total. The number of nitrogens with one attached hydrogen (secondary N) is 1. The highest BCUT2D eigenvalue weighted by Gasteiger charge is 2.10. The summed E-state index contributed by atoms with van der Waals surface area (Å²) in [5.74, 6) is 0.307. The van der Waals surface area contributed by atoms with Crippen LogP contribution in [0.25, 0.3) is 0 Å². The molecule has 0 aliphatic rings. The predicted octanol–water partition coefficient (Wildman–Crippen LogP) is 3.36. The predicted molar refractivity (Wildman–Crippen MR) is 81.3 cm³/mol. The van der Waals surface area contributed by atoms with Crippen LogP contribution in [0.15, 0.2) is 35.7 Å². The number of hydrogen-bond donors (Lipinski definition) is 1. The molecule has 0 spiro atoms. The largest absolute Gasteiger partial charge is 0.461 e. The minimum atomic E-state index is -0.381. The van der Waals surface area contributed by atoms with Gasteiger partial charge in [-0.1, -0.05) is 12.1 Å². The highest BCUT2D eigenvalue weighted by molar-refractivity contribution is 7.09. The number of aromatic nitrogens is 1. The molecule has 0 atom stereocenters. The van der Waals surface area contributed by atoms with Gasteiger partial charge in [-0.3, -0.25) is 0 Å². The van der Waals surface area contributed by atoms with E-state index < -0.39 is 0 Å². The zero-order valence-electron chi connectivity index (χ0n) is 11.6. The monoisotopic (exact) mass is 290 g/mol. The molecule has 106 valence electrons. The summed E-state index contributed by atoms with van der Waals surface area (Å²) in [4.78, 5) is 17.4. The minimum absolute atomic E-state index is 0.271. The maximum absolute atomic E-state index is 11.9. The molecule has 20 heavy (non-hydrogen) atoms. The van der Waals surface area contributed by atoms with E-state index in [1.807, 2.05) is 37.4 Å². The number of pyridine rings is 1. The Labute approximate surface area is 122 Å². The van der Waals surface area contributed by atoms with E-state index in [4.69, 9.17) is 4.74 Å². The van der Waals surface area contributed by atoms with Gasteiger partial charge in [0, 0.05) is 17.3 Å². The van der Waals surface area contributed by atoms with Crippen LogP contribution in [0.2, 0.25) is 0 Å². The van der Waals surface area contributed by atoms with Gasteiger partial charge in [-0.2, -0.15) is 0 Å². The minimum Gasteiger partial charge on any atom is -0.461 e. The second-order valence-corrected chi connectivity index (χ2v) is 5.70. The lowest BCUT2D eigenvalue weighted by Gasteiger charge is -2.10. The number of nitrogens with zero attached hydrogens (tertiary/aromatic N) is 1. The van der Waals surface area contributed by atoms with Gasteiger partial charge >= 0.3 is 5.97 Å². The number of rotatable bonds is 6. The fourth-order valence-corrected chi connectivity index (χ4v) is 2.39. The first-order valence-corrected chi connectivity index (χ1v) is 7.46. The number of carbonyl (C=O) groups is 1. The van der Waals surface area contributed by atoms with E-state index in [0.717, 1.165) is 6.42 Å². The summed E-state index contributed by atoms with van der Waals surface area (Å²) in [6.07, 6.45) is 0.743. The Morgan fingerprint density at radius 2 is 2.20 bits per heavy atom. The molecule has 2 rings (SSSR count). The Morgan fingerprint density at radius 1 is 1.35 bits per heavy atom. The van der Waals surface area contributed by atoms with Gasteiger partial charge in [0.05, 0.1) is 6.61 Å². The van der Waals surface area contributed by atoms with Gasteiger partial charge in [0.25, 0.3) is 0 Å². The fraction of sp³-hybridized carbons (Fsp3) is 0.333. The van der Waals surface area contributed by atoms with Gasteiger partial charge in [-0.25, -0.2) is 9.78 Å². The molecule has 0 aliphatic carbocycles. The third-order valence-electron chi connectivity index (χ3n) is 2.56. The molecule has 4 nitrogen and oxygen atoms in total. The van der Waals surface area contributed by atoms with Gasteiger partial charge in [0.1, 0.15) is 5.82 Å². The van der Waals surface area contributed by atoms with Crippen molar-refractivity contribution in [1.82, 2.24) is 4.98 Å². The fourth-order valence-electron chi connectivity index (χ4n) is 1.70. The highest BCUT2D eigenvalue weighted by atomic mass is 32.1. The van der Waals surface area contributed by atoms with E-state index in [2.05, 4.69) is 10.3 Å². The molecule has 0 aromatic carbocycles. The zero-order chi connectivity index (χ0) is 14.4. The van der Waals surface area contributed by atoms with E-state index in [-0.39, 0.29) is 12.0 Å². The number of thiophene rings is 1. The summed E-state index contributed by atoms with van der Waals surface area (Å²) in [6, 6.07) is 9.59. The van der Waals surface area contributed by atoms with Crippen molar-refractivity contribution in [3.8, 4) is 0 Å². The SMILES string of the molecule is CC(C)Nc1cccc(C(=O)OCCc2cccs2)n1. The summed E-state index contributed by atoms with van der Waals surface area (Å²) >= 11 is 1.66. The number of hydrogen-bond acceptors (Lipinski definition) is 5. The van der Waals surface area contributed by atoms with Gasteiger partial charge in [0.15, 0.2) is 5.69 Å². The molecule has 0 fully saturated rings. The highest BCUT2D eigenvalue weighted by Crippen LogP contribution is 2.10. The van der Waals surface area contributed by atoms with Gasteiger partial charge < -0.3 is 10.1 Å². The second-order valence-electron chi connectivity index (χ2n) is 4.67. The molecule has 0 unspecified atom stereocenters. The number of anilines is 1. The number of ether oxygens (including phenoxy) is 1. The van der Waals surface area contributed by atoms with Crippen LogP contribution in [0.4, 0.5) is 5.82 Å². The van der Waals surface area contributed by atoms with Crippen molar-refractivity contribution in [2.75, 3.05) is 11.9 Å². The average Bonchev–Trinajstić information content (AvgIpc) is 2.91. The molecule has 2 aromatic rings. The molecule has 0 radical (unpaired) electrons. The first-order valence-electron chi connectivity index (χ1n) is 6.58. The standard InChI is InChI=1S/C15H18N2O2S/c1-11(2)16-14-7-3-6-13(17-14)15(18)19-9-8-12-5-4-10-20-12/h3-7,10-11H,8-9H2,1-2H3,(H,16,17). The summed E-state index contributed by atoms with van der Waals surface area (Å²) in [6.45, 7) is 4.42. The van der Waals surface area contributed by atoms with Crippen LogP contribution >= 0.6 is 11.3 Å². The lowest BCUT2D eigenvalue weighted by molar-refractivity contribution is 0.0503. The van der Waals surface area contributed by atoms with Crippen molar-refractivity contribution in [3.05, 3.63) is 46.3 Å². The molecular weight excluding hydrogens is 272 g/mol. The van der Waals surface area contributed by atoms with Crippen LogP contribution in [0, 0.1) is 0 Å². The quantitative estimate of drug-likeness (QED) is 0.829. The second kappa shape index (κ2) is 7.05. The van der Waals surface area contributed by atoms with E-state index in [1.54, 1.807) is 23.5 Å². The van der Waals surface area contributed by atoms with Crippen LogP contribution in [0.1, 0.15) is 29.2 Å². The topological polar surface area (TPSA) is 51.2 Å². The van der Waals surface area contributed by atoms with Crippen molar-refractivity contribution < 1.29 is 9.53 Å². The number of esters is 1. The third kappa shape index (κ3) is 4.35. The summed E-state index contributed by atoms with van der Waals surface area (Å²) in [5.41, 5.74) is 0.335. The van der Waals surface area contributed by atoms with Crippen LogP contribution in [0.3, 0.4) is 0 Å². The normalized spacial score (nSPS) is 10.6. The van der Waals surface area contributed by atoms with Crippen LogP contribution in [0.5, 0.6) is 0 Å². The Morgan fingerprint density at radius 3 is 2.90 bits per heavy atom. The van der Waals surface area contributed by atoms with Crippen molar-refractivity contribution in [2.24, 2.45) is 0 Å². The lowest BCUT2D eigenvalue weighted by atomic mass is 10.3. The summed E-state index contributed by atoms with van der Waals surface area (Å²) in [7, 11) is 0. The molecule has 0 bridgehead atoms. The lowest BCUT2D eigenvalue weighted by Crippen LogP contribution is -2.14. The van der Waals surface area contributed by atoms with Crippen LogP contribution in [-0.2, 0) is 11.2 Å². The Hall–Kier alpha value is -1.88. The van der Waals surface area contributed by atoms with Crippen molar-refractivity contribution in [3.63, 3.8) is 0 Å². The Kier molecular flexibility index (Phi) is 5.12. The third-order valence-corrected chi connectivity index (χ3v) is 3.49. The smallest absolute Gasteiger partial charge is 0.357 e. The Balaban J connectivity index is 1.88. The molecule has 5 heteroatoms. The molecular formula is C15H18N2O2S. The van der Waals surface area contributed by atoms with Crippen molar-refractivity contribution in [1.29, 1.82) is 0 Å². The molecule has 0 aliphatic heterocycles. The van der Waals surface area contributed by atoms with Gasteiger partial charge in [0.2, 0.25) is 0 Å². The molecule has 2 heterocycles. The Bertz CT molecular complexity index is 553. The number of carbonyl (C=O) groups excluding carboxylic acids is 1. The molecule has 2 aromatic heterocycles. The maximum Gasteiger partial charge on any atom is 0.357 e. The summed E-state index contributed by atoms with van der Waals surface area (Å²) in [5, 5.41) is 5.17. The van der Waals surface area contributed by atoms with E-state index in [0.29, 0.717) is 18.1 Å². The first kappa shape index (κ1) is 14.5. The zero-order valence-corrected chi connectivity index (χ0v) is 12.4. The van der Waals surface area contributed by atoms with Crippen molar-refractivity contribution >= 4 is 23.1 Å². The van der Waals surface area contributed by atoms with E-state index >= 15 is 0 Å². The molecule has 0 saturated carbocycles. The average molecular weight is 290 g/mol. The van der Waals surface area contributed by atoms with E-state index in [9.17, 15) is 4.79 Å².